The van der Waals surface area contributed by atoms with E-state index >= 15 is 0 Å². The molecular weight excluding hydrogens is 312 g/mol. The van der Waals surface area contributed by atoms with Crippen molar-refractivity contribution in [2.45, 2.75) is 50.6 Å². The highest BCUT2D eigenvalue weighted by Crippen LogP contribution is 2.32. The summed E-state index contributed by atoms with van der Waals surface area (Å²) in [6, 6.07) is 2.99. The Balaban J connectivity index is 3.34. The summed E-state index contributed by atoms with van der Waals surface area (Å²) in [5.41, 5.74) is 5.63. The van der Waals surface area contributed by atoms with Crippen LogP contribution in [0.15, 0.2) is 17.0 Å². The summed E-state index contributed by atoms with van der Waals surface area (Å²) in [7, 11) is -2.34. The Morgan fingerprint density at radius 1 is 1.38 bits per heavy atom. The van der Waals surface area contributed by atoms with Crippen molar-refractivity contribution in [1.82, 2.24) is 4.72 Å². The van der Waals surface area contributed by atoms with Crippen LogP contribution in [0.3, 0.4) is 0 Å². The van der Waals surface area contributed by atoms with Crippen molar-refractivity contribution in [3.05, 3.63) is 22.7 Å². The Morgan fingerprint density at radius 2 is 2.00 bits per heavy atom. The minimum Gasteiger partial charge on any atom is -0.495 e. The normalized spacial score (nSPS) is 12.5. The SMILES string of the molecule is CCCC(C)(C)NS(=O)(=O)c1cc(Cl)cc(CN)c1OC. The topological polar surface area (TPSA) is 81.4 Å². The zero-order valence-electron chi connectivity index (χ0n) is 12.9. The third-order valence-corrected chi connectivity index (χ3v) is 5.02. The average Bonchev–Trinajstić information content (AvgIpc) is 2.36. The number of rotatable bonds is 7. The summed E-state index contributed by atoms with van der Waals surface area (Å²) in [6.07, 6.45) is 1.59. The van der Waals surface area contributed by atoms with E-state index < -0.39 is 15.6 Å². The summed E-state index contributed by atoms with van der Waals surface area (Å²) in [6.45, 7) is 5.83. The van der Waals surface area contributed by atoms with E-state index in [0.29, 0.717) is 10.6 Å². The second-order valence-corrected chi connectivity index (χ2v) is 7.63. The van der Waals surface area contributed by atoms with Crippen LogP contribution < -0.4 is 15.2 Å². The van der Waals surface area contributed by atoms with E-state index in [1.807, 2.05) is 20.8 Å². The molecule has 0 heterocycles. The van der Waals surface area contributed by atoms with Crippen molar-refractivity contribution in [1.29, 1.82) is 0 Å². The molecule has 1 aromatic carbocycles. The molecule has 0 aliphatic rings. The van der Waals surface area contributed by atoms with Crippen LogP contribution in [-0.2, 0) is 16.6 Å². The molecule has 3 N–H and O–H groups in total. The molecule has 0 aromatic heterocycles. The van der Waals surface area contributed by atoms with Crippen molar-refractivity contribution in [3.8, 4) is 5.75 Å². The minimum atomic E-state index is -3.75. The minimum absolute atomic E-state index is 0.0159. The van der Waals surface area contributed by atoms with Gasteiger partial charge in [0.2, 0.25) is 10.0 Å². The lowest BCUT2D eigenvalue weighted by atomic mass is 10.0. The molecule has 0 atom stereocenters. The van der Waals surface area contributed by atoms with Crippen LogP contribution in [0.2, 0.25) is 5.02 Å². The highest BCUT2D eigenvalue weighted by molar-refractivity contribution is 7.89. The van der Waals surface area contributed by atoms with Crippen LogP contribution in [0, 0.1) is 0 Å². The first-order chi connectivity index (χ1) is 9.66. The fourth-order valence-electron chi connectivity index (χ4n) is 2.30. The van der Waals surface area contributed by atoms with Gasteiger partial charge in [-0.2, -0.15) is 0 Å². The lowest BCUT2D eigenvalue weighted by Gasteiger charge is -2.26. The predicted octanol–water partition coefficient (Wildman–Crippen LogP) is 2.66. The highest BCUT2D eigenvalue weighted by Gasteiger charge is 2.29. The largest absolute Gasteiger partial charge is 0.495 e. The third-order valence-electron chi connectivity index (χ3n) is 3.10. The molecule has 0 saturated carbocycles. The Morgan fingerprint density at radius 3 is 2.48 bits per heavy atom. The molecule has 0 fully saturated rings. The smallest absolute Gasteiger partial charge is 0.244 e. The van der Waals surface area contributed by atoms with Crippen LogP contribution >= 0.6 is 11.6 Å². The highest BCUT2D eigenvalue weighted by atomic mass is 35.5. The summed E-state index contributed by atoms with van der Waals surface area (Å²) < 4.78 is 33.2. The lowest BCUT2D eigenvalue weighted by molar-refractivity contribution is 0.392. The van der Waals surface area contributed by atoms with Crippen molar-refractivity contribution in [2.24, 2.45) is 5.73 Å². The number of nitrogens with one attached hydrogen (secondary N) is 1. The number of ether oxygens (including phenoxy) is 1. The van der Waals surface area contributed by atoms with Crippen LogP contribution in [0.25, 0.3) is 0 Å². The first-order valence-corrected chi connectivity index (χ1v) is 8.63. The van der Waals surface area contributed by atoms with E-state index in [1.54, 1.807) is 6.07 Å². The van der Waals surface area contributed by atoms with Gasteiger partial charge in [0.1, 0.15) is 10.6 Å². The molecule has 1 rings (SSSR count). The summed E-state index contributed by atoms with van der Waals surface area (Å²) in [4.78, 5) is 0.0159. The number of hydrogen-bond donors (Lipinski definition) is 2. The Bertz CT molecular complexity index is 600. The van der Waals surface area contributed by atoms with Gasteiger partial charge in [0, 0.05) is 22.7 Å². The van der Waals surface area contributed by atoms with Crippen LogP contribution in [0.1, 0.15) is 39.2 Å². The molecule has 0 bridgehead atoms. The van der Waals surface area contributed by atoms with E-state index in [9.17, 15) is 8.42 Å². The molecular formula is C14H23ClN2O3S. The second kappa shape index (κ2) is 6.96. The fourth-order valence-corrected chi connectivity index (χ4v) is 4.29. The third kappa shape index (κ3) is 4.57. The number of benzene rings is 1. The van der Waals surface area contributed by atoms with Crippen molar-refractivity contribution < 1.29 is 13.2 Å². The maximum atomic E-state index is 12.6. The number of sulfonamides is 1. The van der Waals surface area contributed by atoms with Crippen LogP contribution in [-0.4, -0.2) is 21.1 Å². The lowest BCUT2D eigenvalue weighted by Crippen LogP contribution is -2.43. The van der Waals surface area contributed by atoms with Gasteiger partial charge >= 0.3 is 0 Å². The monoisotopic (exact) mass is 334 g/mol. The maximum absolute atomic E-state index is 12.6. The maximum Gasteiger partial charge on any atom is 0.244 e. The Labute approximate surface area is 131 Å². The molecule has 7 heteroatoms. The predicted molar refractivity (Wildman–Crippen MR) is 85.2 cm³/mol. The quantitative estimate of drug-likeness (QED) is 0.803. The molecule has 1 aromatic rings. The van der Waals surface area contributed by atoms with Gasteiger partial charge in [-0.3, -0.25) is 0 Å². The van der Waals surface area contributed by atoms with Gasteiger partial charge in [-0.05, 0) is 32.4 Å². The standard InChI is InChI=1S/C14H23ClN2O3S/c1-5-6-14(2,3)17-21(18,19)12-8-11(15)7-10(9-16)13(12)20-4/h7-8,17H,5-6,9,16H2,1-4H3. The zero-order chi connectivity index (χ0) is 16.3. The molecule has 0 aliphatic heterocycles. The first kappa shape index (κ1) is 18.2. The van der Waals surface area contributed by atoms with E-state index in [-0.39, 0.29) is 17.2 Å². The zero-order valence-corrected chi connectivity index (χ0v) is 14.4. The summed E-state index contributed by atoms with van der Waals surface area (Å²) in [5, 5.41) is 0.310. The van der Waals surface area contributed by atoms with E-state index in [0.717, 1.165) is 12.8 Å². The van der Waals surface area contributed by atoms with Gasteiger partial charge < -0.3 is 10.5 Å². The summed E-state index contributed by atoms with van der Waals surface area (Å²) in [5.74, 6) is 0.238. The second-order valence-electron chi connectivity index (χ2n) is 5.54. The number of halogens is 1. The number of methoxy groups -OCH3 is 1. The molecule has 0 amide bonds. The van der Waals surface area contributed by atoms with Crippen molar-refractivity contribution in [2.75, 3.05) is 7.11 Å². The van der Waals surface area contributed by atoms with Gasteiger partial charge in [-0.25, -0.2) is 13.1 Å². The van der Waals surface area contributed by atoms with Gasteiger partial charge in [-0.1, -0.05) is 24.9 Å². The molecule has 0 spiro atoms. The van der Waals surface area contributed by atoms with Crippen LogP contribution in [0.4, 0.5) is 0 Å². The van der Waals surface area contributed by atoms with Crippen LogP contribution in [0.5, 0.6) is 5.75 Å². The molecule has 120 valence electrons. The molecule has 0 unspecified atom stereocenters. The molecule has 0 saturated heterocycles. The van der Waals surface area contributed by atoms with Gasteiger partial charge in [0.05, 0.1) is 7.11 Å². The summed E-state index contributed by atoms with van der Waals surface area (Å²) >= 11 is 5.99. The van der Waals surface area contributed by atoms with E-state index in [2.05, 4.69) is 4.72 Å². The molecule has 21 heavy (non-hydrogen) atoms. The first-order valence-electron chi connectivity index (χ1n) is 6.77. The van der Waals surface area contributed by atoms with Crippen molar-refractivity contribution >= 4 is 21.6 Å². The van der Waals surface area contributed by atoms with E-state index in [1.165, 1.54) is 13.2 Å². The molecule has 0 radical (unpaired) electrons. The van der Waals surface area contributed by atoms with Crippen molar-refractivity contribution in [3.63, 3.8) is 0 Å². The Kier molecular flexibility index (Phi) is 6.04. The van der Waals surface area contributed by atoms with E-state index in [4.69, 9.17) is 22.1 Å². The van der Waals surface area contributed by atoms with Gasteiger partial charge in [0.25, 0.3) is 0 Å². The Hall–Kier alpha value is -0.820. The number of hydrogen-bond acceptors (Lipinski definition) is 4. The molecule has 0 aliphatic carbocycles. The van der Waals surface area contributed by atoms with Gasteiger partial charge in [-0.15, -0.1) is 0 Å². The number of nitrogens with two attached hydrogens (primary N) is 1. The molecule has 5 nitrogen and oxygen atoms in total. The fraction of sp³-hybridized carbons (Fsp3) is 0.571. The average molecular weight is 335 g/mol. The van der Waals surface area contributed by atoms with Gasteiger partial charge in [0.15, 0.2) is 0 Å².